The molecule has 0 radical (unpaired) electrons. The molecule has 0 aliphatic heterocycles. The lowest BCUT2D eigenvalue weighted by Gasteiger charge is -2.27. The average molecular weight is 354 g/mol. The number of hydrogen-bond acceptors (Lipinski definition) is 1. The van der Waals surface area contributed by atoms with E-state index in [1.807, 2.05) is 0 Å². The third-order valence-corrected chi connectivity index (χ3v) is 3.07. The number of halogens is 9. The second-order valence-corrected chi connectivity index (χ2v) is 5.13. The van der Waals surface area contributed by atoms with Crippen molar-refractivity contribution >= 4 is 0 Å². The largest absolute Gasteiger partial charge is 0.417 e. The van der Waals surface area contributed by atoms with Crippen LogP contribution in [-0.2, 0) is 18.5 Å². The Labute approximate surface area is 124 Å². The summed E-state index contributed by atoms with van der Waals surface area (Å²) in [5, 5.41) is 9.71. The number of aliphatic hydroxyl groups is 1. The van der Waals surface area contributed by atoms with Gasteiger partial charge in [0.1, 0.15) is 0 Å². The van der Waals surface area contributed by atoms with Crippen LogP contribution >= 0.6 is 0 Å². The van der Waals surface area contributed by atoms with Gasteiger partial charge in [-0.3, -0.25) is 0 Å². The van der Waals surface area contributed by atoms with Crippen molar-refractivity contribution in [3.63, 3.8) is 0 Å². The van der Waals surface area contributed by atoms with E-state index in [0.29, 0.717) is 0 Å². The molecule has 0 fully saturated rings. The summed E-state index contributed by atoms with van der Waals surface area (Å²) in [6, 6.07) is -0.374. The van der Waals surface area contributed by atoms with E-state index in [9.17, 15) is 44.6 Å². The Bertz CT molecular complexity index is 567. The van der Waals surface area contributed by atoms with Gasteiger partial charge in [0.2, 0.25) is 0 Å². The van der Waals surface area contributed by atoms with Gasteiger partial charge in [-0.1, -0.05) is 13.8 Å². The lowest BCUT2D eigenvalue weighted by molar-refractivity contribution is -0.165. The van der Waals surface area contributed by atoms with Crippen LogP contribution in [0.5, 0.6) is 0 Å². The fourth-order valence-corrected chi connectivity index (χ4v) is 2.05. The zero-order valence-corrected chi connectivity index (χ0v) is 11.7. The molecule has 0 aliphatic carbocycles. The Balaban J connectivity index is 3.96. The van der Waals surface area contributed by atoms with Crippen LogP contribution in [0.4, 0.5) is 39.5 Å². The zero-order valence-electron chi connectivity index (χ0n) is 11.7. The molecule has 0 spiro atoms. The Kier molecular flexibility index (Phi) is 5.01. The molecule has 23 heavy (non-hydrogen) atoms. The summed E-state index contributed by atoms with van der Waals surface area (Å²) in [7, 11) is 0. The first-order valence-corrected chi connectivity index (χ1v) is 6.15. The highest BCUT2D eigenvalue weighted by Crippen LogP contribution is 2.48. The molecular weight excluding hydrogens is 343 g/mol. The molecule has 0 heterocycles. The molecule has 1 N–H and O–H groups in total. The van der Waals surface area contributed by atoms with Gasteiger partial charge in [0.15, 0.2) is 0 Å². The smallest absolute Gasteiger partial charge is 0.388 e. The van der Waals surface area contributed by atoms with Crippen molar-refractivity contribution < 1.29 is 44.6 Å². The van der Waals surface area contributed by atoms with Gasteiger partial charge in [-0.05, 0) is 18.1 Å². The topological polar surface area (TPSA) is 20.2 Å². The van der Waals surface area contributed by atoms with Crippen LogP contribution in [0.15, 0.2) is 12.1 Å². The van der Waals surface area contributed by atoms with Crippen molar-refractivity contribution in [2.45, 2.75) is 38.5 Å². The van der Waals surface area contributed by atoms with Crippen LogP contribution in [0.1, 0.15) is 42.2 Å². The molecule has 1 nitrogen and oxygen atoms in total. The summed E-state index contributed by atoms with van der Waals surface area (Å²) < 4.78 is 116. The molecule has 1 rings (SSSR count). The Morgan fingerprint density at radius 1 is 0.739 bits per heavy atom. The maximum absolute atomic E-state index is 13.1. The minimum absolute atomic E-state index is 0.0982. The fraction of sp³-hybridized carbons (Fsp3) is 0.538. The maximum Gasteiger partial charge on any atom is 0.417 e. The fourth-order valence-electron chi connectivity index (χ4n) is 2.05. The third-order valence-electron chi connectivity index (χ3n) is 3.07. The molecule has 1 aromatic rings. The number of alkyl halides is 9. The molecule has 1 atom stereocenters. The van der Waals surface area contributed by atoms with E-state index in [1.165, 1.54) is 0 Å². The van der Waals surface area contributed by atoms with Crippen LogP contribution in [-0.4, -0.2) is 5.11 Å². The van der Waals surface area contributed by atoms with Crippen molar-refractivity contribution in [2.75, 3.05) is 0 Å². The van der Waals surface area contributed by atoms with E-state index in [0.717, 1.165) is 13.8 Å². The number of hydrogen-bond donors (Lipinski definition) is 1. The van der Waals surface area contributed by atoms with Gasteiger partial charge in [-0.25, -0.2) is 0 Å². The molecule has 0 aromatic heterocycles. The predicted molar refractivity (Wildman–Crippen MR) is 61.2 cm³/mol. The minimum Gasteiger partial charge on any atom is -0.388 e. The first kappa shape index (κ1) is 19.6. The summed E-state index contributed by atoms with van der Waals surface area (Å²) >= 11 is 0. The van der Waals surface area contributed by atoms with Crippen molar-refractivity contribution in [3.05, 3.63) is 34.4 Å². The third kappa shape index (κ3) is 4.10. The number of benzene rings is 1. The first-order valence-electron chi connectivity index (χ1n) is 6.15. The quantitative estimate of drug-likeness (QED) is 0.702. The van der Waals surface area contributed by atoms with Gasteiger partial charge in [0.25, 0.3) is 0 Å². The van der Waals surface area contributed by atoms with Crippen molar-refractivity contribution in [1.29, 1.82) is 0 Å². The van der Waals surface area contributed by atoms with Gasteiger partial charge >= 0.3 is 18.5 Å². The minimum atomic E-state index is -5.72. The maximum atomic E-state index is 13.1. The Morgan fingerprint density at radius 3 is 1.43 bits per heavy atom. The zero-order chi connectivity index (χ0) is 18.4. The Hall–Kier alpha value is -1.45. The highest BCUT2D eigenvalue weighted by Gasteiger charge is 2.49. The molecule has 0 saturated heterocycles. The highest BCUT2D eigenvalue weighted by atomic mass is 19.4. The Morgan fingerprint density at radius 2 is 1.13 bits per heavy atom. The van der Waals surface area contributed by atoms with E-state index in [4.69, 9.17) is 0 Å². The monoisotopic (exact) mass is 354 g/mol. The van der Waals surface area contributed by atoms with Gasteiger partial charge in [-0.2, -0.15) is 39.5 Å². The summed E-state index contributed by atoms with van der Waals surface area (Å²) in [5.74, 6) is -1.17. The van der Waals surface area contributed by atoms with Crippen LogP contribution in [0, 0.1) is 5.92 Å². The van der Waals surface area contributed by atoms with Gasteiger partial charge in [0.05, 0.1) is 22.8 Å². The highest BCUT2D eigenvalue weighted by molar-refractivity contribution is 5.47. The first-order chi connectivity index (χ1) is 10.1. The van der Waals surface area contributed by atoms with E-state index < -0.39 is 52.8 Å². The second kappa shape index (κ2) is 5.88. The standard InChI is InChI=1S/C13H11F9O/c1-5(2)10(23)8-6(11(14,15)16)3-4-7(12(17,18)19)9(8)13(20,21)22/h3-5,10,23H,1-2H3. The van der Waals surface area contributed by atoms with Crippen molar-refractivity contribution in [2.24, 2.45) is 5.92 Å². The predicted octanol–water partition coefficient (Wildman–Crippen LogP) is 5.43. The number of rotatable bonds is 2. The van der Waals surface area contributed by atoms with E-state index in [-0.39, 0.29) is 12.1 Å². The second-order valence-electron chi connectivity index (χ2n) is 5.13. The molecule has 132 valence electrons. The van der Waals surface area contributed by atoms with Gasteiger partial charge in [-0.15, -0.1) is 0 Å². The lowest BCUT2D eigenvalue weighted by atomic mass is 9.87. The van der Waals surface area contributed by atoms with Crippen molar-refractivity contribution in [3.8, 4) is 0 Å². The van der Waals surface area contributed by atoms with Crippen LogP contribution < -0.4 is 0 Å². The molecule has 0 aliphatic rings. The van der Waals surface area contributed by atoms with Gasteiger partial charge in [0, 0.05) is 5.56 Å². The van der Waals surface area contributed by atoms with E-state index in [2.05, 4.69) is 0 Å². The van der Waals surface area contributed by atoms with E-state index in [1.54, 1.807) is 0 Å². The van der Waals surface area contributed by atoms with E-state index >= 15 is 0 Å². The summed E-state index contributed by atoms with van der Waals surface area (Å²) in [4.78, 5) is 0. The SMILES string of the molecule is CC(C)C(O)c1c(C(F)(F)F)ccc(C(F)(F)F)c1C(F)(F)F. The molecule has 0 amide bonds. The lowest BCUT2D eigenvalue weighted by Crippen LogP contribution is -2.25. The summed E-state index contributed by atoms with van der Waals surface area (Å²) in [6.07, 6.45) is -19.0. The van der Waals surface area contributed by atoms with Crippen LogP contribution in [0.25, 0.3) is 0 Å². The normalized spacial score (nSPS) is 15.2. The van der Waals surface area contributed by atoms with Crippen molar-refractivity contribution in [1.82, 2.24) is 0 Å². The summed E-state index contributed by atoms with van der Waals surface area (Å²) in [6.45, 7) is 2.18. The molecule has 1 aromatic carbocycles. The number of aliphatic hydroxyl groups excluding tert-OH is 1. The van der Waals surface area contributed by atoms with Gasteiger partial charge < -0.3 is 5.11 Å². The molecule has 10 heteroatoms. The van der Waals surface area contributed by atoms with Crippen LogP contribution in [0.3, 0.4) is 0 Å². The molecule has 0 bridgehead atoms. The van der Waals surface area contributed by atoms with Crippen LogP contribution in [0.2, 0.25) is 0 Å². The average Bonchev–Trinajstić information content (AvgIpc) is 2.32. The molecule has 0 saturated carbocycles. The molecular formula is C13H11F9O. The molecule has 1 unspecified atom stereocenters. The summed E-state index contributed by atoms with van der Waals surface area (Å²) in [5.41, 5.74) is -8.54.